The Morgan fingerprint density at radius 1 is 1.26 bits per heavy atom. The minimum absolute atomic E-state index is 0.0369. The summed E-state index contributed by atoms with van der Waals surface area (Å²) in [6.45, 7) is 1.96. The number of carbonyl (C=O) groups excluding carboxylic acids is 1. The van der Waals surface area contributed by atoms with Crippen molar-refractivity contribution in [3.63, 3.8) is 0 Å². The number of carbonyl (C=O) groups is 1. The zero-order valence-corrected chi connectivity index (χ0v) is 13.2. The highest BCUT2D eigenvalue weighted by atomic mass is 32.1. The van der Waals surface area contributed by atoms with Crippen LogP contribution in [-0.2, 0) is 11.3 Å². The number of aryl methyl sites for hydroxylation is 1. The number of nitrogens with zero attached hydrogens (tertiary/aromatic N) is 3. The first kappa shape index (κ1) is 15.1. The largest absolute Gasteiger partial charge is 0.409 e. The predicted octanol–water partition coefficient (Wildman–Crippen LogP) is 3.21. The summed E-state index contributed by atoms with van der Waals surface area (Å²) < 4.78 is 6.81. The molecule has 2 aromatic heterocycles. The van der Waals surface area contributed by atoms with Crippen molar-refractivity contribution in [3.8, 4) is 11.5 Å². The number of benzene rings is 1. The second-order valence-electron chi connectivity index (χ2n) is 4.96. The topological polar surface area (TPSA) is 73.0 Å². The number of amides is 1. The number of hydrogen-bond donors (Lipinski definition) is 1. The molecule has 0 saturated heterocycles. The van der Waals surface area contributed by atoms with Crippen molar-refractivity contribution in [2.75, 3.05) is 5.32 Å². The van der Waals surface area contributed by atoms with Crippen molar-refractivity contribution >= 4 is 23.9 Å². The van der Waals surface area contributed by atoms with Gasteiger partial charge in [-0.2, -0.15) is 0 Å². The fraction of sp³-hybridized carbons (Fsp3) is 0.125. The van der Waals surface area contributed by atoms with Crippen molar-refractivity contribution < 1.29 is 9.21 Å². The molecule has 116 valence electrons. The Hall–Kier alpha value is -2.80. The third-order valence-corrected chi connectivity index (χ3v) is 3.42. The lowest BCUT2D eigenvalue weighted by molar-refractivity contribution is -0.117. The Bertz CT molecular complexity index is 869. The minimum atomic E-state index is -0.274. The maximum atomic E-state index is 12.0. The molecule has 0 radical (unpaired) electrons. The molecule has 0 fully saturated rings. The second kappa shape index (κ2) is 6.53. The molecule has 0 aliphatic carbocycles. The molecule has 0 atom stereocenters. The van der Waals surface area contributed by atoms with E-state index in [9.17, 15) is 4.79 Å². The summed E-state index contributed by atoms with van der Waals surface area (Å²) in [5, 5.41) is 6.93. The summed E-state index contributed by atoms with van der Waals surface area (Å²) in [7, 11) is 0. The highest BCUT2D eigenvalue weighted by molar-refractivity contribution is 7.71. The molecule has 7 heteroatoms. The first-order valence-corrected chi connectivity index (χ1v) is 7.38. The van der Waals surface area contributed by atoms with E-state index in [1.54, 1.807) is 24.4 Å². The molecule has 6 nitrogen and oxygen atoms in total. The van der Waals surface area contributed by atoms with Crippen molar-refractivity contribution in [1.82, 2.24) is 14.8 Å². The first-order chi connectivity index (χ1) is 11.1. The van der Waals surface area contributed by atoms with Gasteiger partial charge in [-0.05, 0) is 43.4 Å². The number of hydrogen-bond acceptors (Lipinski definition) is 5. The van der Waals surface area contributed by atoms with Gasteiger partial charge in [0.1, 0.15) is 12.4 Å². The van der Waals surface area contributed by atoms with Gasteiger partial charge >= 0.3 is 0 Å². The van der Waals surface area contributed by atoms with Crippen LogP contribution in [0.2, 0.25) is 0 Å². The molecule has 0 aliphatic heterocycles. The normalized spacial score (nSPS) is 10.5. The van der Waals surface area contributed by atoms with E-state index in [0.29, 0.717) is 11.7 Å². The number of rotatable bonds is 4. The zero-order valence-electron chi connectivity index (χ0n) is 12.4. The highest BCUT2D eigenvalue weighted by Gasteiger charge is 2.11. The van der Waals surface area contributed by atoms with Gasteiger partial charge in [-0.1, -0.05) is 23.8 Å². The predicted molar refractivity (Wildman–Crippen MR) is 88.4 cm³/mol. The van der Waals surface area contributed by atoms with E-state index in [-0.39, 0.29) is 17.3 Å². The fourth-order valence-corrected chi connectivity index (χ4v) is 2.16. The van der Waals surface area contributed by atoms with E-state index in [1.165, 1.54) is 4.68 Å². The van der Waals surface area contributed by atoms with Gasteiger partial charge in [-0.25, -0.2) is 9.67 Å². The Balaban J connectivity index is 1.75. The summed E-state index contributed by atoms with van der Waals surface area (Å²) in [5.74, 6) is 0.593. The van der Waals surface area contributed by atoms with Crippen LogP contribution in [0.5, 0.6) is 0 Å². The van der Waals surface area contributed by atoms with Gasteiger partial charge in [0, 0.05) is 11.8 Å². The zero-order chi connectivity index (χ0) is 16.2. The van der Waals surface area contributed by atoms with Gasteiger partial charge in [-0.15, -0.1) is 5.10 Å². The third kappa shape index (κ3) is 3.70. The van der Waals surface area contributed by atoms with Crippen LogP contribution in [0.3, 0.4) is 0 Å². The molecule has 2 heterocycles. The van der Waals surface area contributed by atoms with Crippen LogP contribution in [0.4, 0.5) is 5.82 Å². The second-order valence-corrected chi connectivity index (χ2v) is 5.31. The molecule has 0 bridgehead atoms. The van der Waals surface area contributed by atoms with E-state index < -0.39 is 0 Å². The Kier molecular flexibility index (Phi) is 4.29. The molecule has 1 aromatic carbocycles. The Morgan fingerprint density at radius 3 is 2.74 bits per heavy atom. The van der Waals surface area contributed by atoms with Gasteiger partial charge in [0.2, 0.25) is 11.8 Å². The quantitative estimate of drug-likeness (QED) is 0.745. The summed E-state index contributed by atoms with van der Waals surface area (Å²) in [6.07, 6.45) is 1.60. The molecule has 1 amide bonds. The van der Waals surface area contributed by atoms with E-state index in [1.807, 2.05) is 31.2 Å². The van der Waals surface area contributed by atoms with Crippen LogP contribution >= 0.6 is 12.2 Å². The Labute approximate surface area is 137 Å². The molecule has 1 N–H and O–H groups in total. The van der Waals surface area contributed by atoms with E-state index in [2.05, 4.69) is 15.4 Å². The van der Waals surface area contributed by atoms with Gasteiger partial charge in [0.05, 0.1) is 0 Å². The molecule has 23 heavy (non-hydrogen) atoms. The Morgan fingerprint density at radius 2 is 2.04 bits per heavy atom. The smallest absolute Gasteiger partial charge is 0.287 e. The minimum Gasteiger partial charge on any atom is -0.409 e. The average Bonchev–Trinajstić information content (AvgIpc) is 2.90. The molecule has 3 rings (SSSR count). The SMILES string of the molecule is Cc1ccc(-c2nn(CC(=O)Nc3ccccn3)c(=S)o2)cc1. The summed E-state index contributed by atoms with van der Waals surface area (Å²) in [6, 6.07) is 13.0. The molecule has 3 aromatic rings. The van der Waals surface area contributed by atoms with Crippen LogP contribution in [0.15, 0.2) is 53.1 Å². The van der Waals surface area contributed by atoms with Crippen LogP contribution < -0.4 is 5.32 Å². The first-order valence-electron chi connectivity index (χ1n) is 6.98. The maximum absolute atomic E-state index is 12.0. The standard InChI is InChI=1S/C16H14N4O2S/c1-11-5-7-12(8-6-11)15-19-20(16(23)22-15)10-14(21)18-13-4-2-3-9-17-13/h2-9H,10H2,1H3,(H,17,18,21). The summed E-state index contributed by atoms with van der Waals surface area (Å²) in [5.41, 5.74) is 1.95. The van der Waals surface area contributed by atoms with Gasteiger partial charge < -0.3 is 9.73 Å². The number of pyridine rings is 1. The molecule has 0 unspecified atom stereocenters. The highest BCUT2D eigenvalue weighted by Crippen LogP contribution is 2.18. The van der Waals surface area contributed by atoms with Crippen LogP contribution in [0, 0.1) is 11.8 Å². The maximum Gasteiger partial charge on any atom is 0.287 e. The monoisotopic (exact) mass is 326 g/mol. The summed E-state index contributed by atoms with van der Waals surface area (Å²) >= 11 is 5.12. The van der Waals surface area contributed by atoms with Gasteiger partial charge in [-0.3, -0.25) is 4.79 Å². The van der Waals surface area contributed by atoms with E-state index in [4.69, 9.17) is 16.6 Å². The fourth-order valence-electron chi connectivity index (χ4n) is 1.97. The van der Waals surface area contributed by atoms with Crippen molar-refractivity contribution in [1.29, 1.82) is 0 Å². The van der Waals surface area contributed by atoms with E-state index in [0.717, 1.165) is 11.1 Å². The molecule has 0 aliphatic rings. The number of nitrogens with one attached hydrogen (secondary N) is 1. The lowest BCUT2D eigenvalue weighted by atomic mass is 10.1. The van der Waals surface area contributed by atoms with Crippen molar-refractivity contribution in [2.45, 2.75) is 13.5 Å². The van der Waals surface area contributed by atoms with Crippen LogP contribution in [-0.4, -0.2) is 20.7 Å². The van der Waals surface area contributed by atoms with Crippen molar-refractivity contribution in [3.05, 3.63) is 59.1 Å². The number of aromatic nitrogens is 3. The summed E-state index contributed by atoms with van der Waals surface area (Å²) in [4.78, 5) is 16.2. The van der Waals surface area contributed by atoms with Crippen LogP contribution in [0.1, 0.15) is 5.56 Å². The third-order valence-electron chi connectivity index (χ3n) is 3.13. The average molecular weight is 326 g/mol. The van der Waals surface area contributed by atoms with Gasteiger partial charge in [0.15, 0.2) is 0 Å². The molecule has 0 saturated carbocycles. The van der Waals surface area contributed by atoms with Gasteiger partial charge in [0.25, 0.3) is 4.84 Å². The molecular formula is C16H14N4O2S. The number of anilines is 1. The lowest BCUT2D eigenvalue weighted by Gasteiger charge is -2.02. The van der Waals surface area contributed by atoms with Crippen LogP contribution in [0.25, 0.3) is 11.5 Å². The van der Waals surface area contributed by atoms with E-state index >= 15 is 0 Å². The molecule has 0 spiro atoms. The molecular weight excluding hydrogens is 312 g/mol. The van der Waals surface area contributed by atoms with Crippen molar-refractivity contribution in [2.24, 2.45) is 0 Å². The lowest BCUT2D eigenvalue weighted by Crippen LogP contribution is -2.20.